The van der Waals surface area contributed by atoms with Crippen LogP contribution in [0, 0.1) is 6.92 Å². The third kappa shape index (κ3) is 4.86. The van der Waals surface area contributed by atoms with E-state index in [1.165, 1.54) is 0 Å². The van der Waals surface area contributed by atoms with Crippen molar-refractivity contribution in [2.24, 2.45) is 0 Å². The third-order valence-corrected chi connectivity index (χ3v) is 4.32. The van der Waals surface area contributed by atoms with Crippen LogP contribution in [0.2, 0.25) is 0 Å². The molecule has 0 fully saturated rings. The first-order valence-electron chi connectivity index (χ1n) is 8.89. The second-order valence-electron chi connectivity index (χ2n) is 5.88. The quantitative estimate of drug-likeness (QED) is 0.752. The Hall–Kier alpha value is -2.27. The van der Waals surface area contributed by atoms with Gasteiger partial charge in [0, 0.05) is 12.1 Å². The monoisotopic (exact) mass is 344 g/mol. The van der Waals surface area contributed by atoms with Crippen molar-refractivity contribution >= 4 is 5.91 Å². The van der Waals surface area contributed by atoms with Crippen molar-refractivity contribution in [2.45, 2.75) is 33.7 Å². The van der Waals surface area contributed by atoms with E-state index in [9.17, 15) is 4.79 Å². The van der Waals surface area contributed by atoms with E-state index in [0.29, 0.717) is 18.7 Å². The highest BCUT2D eigenvalue weighted by molar-refractivity contribution is 5.94. The maximum absolute atomic E-state index is 12.5. The highest BCUT2D eigenvalue weighted by atomic mass is 16.5. The number of nitrogens with zero attached hydrogens (tertiary/aromatic N) is 1. The molecule has 5 heteroatoms. The number of carbonyl (C=O) groups excluding carboxylic acids is 1. The summed E-state index contributed by atoms with van der Waals surface area (Å²) in [5.74, 6) is 1.59. The summed E-state index contributed by atoms with van der Waals surface area (Å²) < 4.78 is 11.1. The maximum Gasteiger partial charge on any atom is 0.251 e. The molecule has 1 aromatic carbocycles. The lowest BCUT2D eigenvalue weighted by Crippen LogP contribution is -2.37. The van der Waals surface area contributed by atoms with Crippen molar-refractivity contribution in [2.75, 3.05) is 26.2 Å². The summed E-state index contributed by atoms with van der Waals surface area (Å²) in [5.41, 5.74) is 1.60. The first kappa shape index (κ1) is 19.1. The molecule has 0 saturated heterocycles. The van der Waals surface area contributed by atoms with Crippen LogP contribution in [0.1, 0.15) is 48.5 Å². The number of aryl methyl sites for hydroxylation is 1. The molecule has 0 bridgehead atoms. The zero-order chi connectivity index (χ0) is 18.2. The second kappa shape index (κ2) is 9.28. The summed E-state index contributed by atoms with van der Waals surface area (Å²) in [5, 5.41) is 3.03. The molecule has 0 aliphatic rings. The summed E-state index contributed by atoms with van der Waals surface area (Å²) >= 11 is 0. The lowest BCUT2D eigenvalue weighted by atomic mass is 10.1. The van der Waals surface area contributed by atoms with Crippen LogP contribution < -0.4 is 10.1 Å². The Kier molecular flexibility index (Phi) is 7.07. The number of hydrogen-bond donors (Lipinski definition) is 1. The highest BCUT2D eigenvalue weighted by Gasteiger charge is 2.21. The van der Waals surface area contributed by atoms with E-state index in [4.69, 9.17) is 9.15 Å². The van der Waals surface area contributed by atoms with Gasteiger partial charge in [0.2, 0.25) is 0 Å². The minimum absolute atomic E-state index is 0.0257. The smallest absolute Gasteiger partial charge is 0.251 e. The molecule has 1 unspecified atom stereocenters. The Labute approximate surface area is 150 Å². The largest absolute Gasteiger partial charge is 0.494 e. The van der Waals surface area contributed by atoms with E-state index >= 15 is 0 Å². The van der Waals surface area contributed by atoms with E-state index in [-0.39, 0.29) is 11.9 Å². The number of amides is 1. The van der Waals surface area contributed by atoms with E-state index in [1.807, 2.05) is 38.1 Å². The van der Waals surface area contributed by atoms with Crippen molar-refractivity contribution < 1.29 is 13.9 Å². The van der Waals surface area contributed by atoms with Crippen molar-refractivity contribution in [3.05, 3.63) is 53.5 Å². The topological polar surface area (TPSA) is 54.7 Å². The summed E-state index contributed by atoms with van der Waals surface area (Å²) in [6.45, 7) is 11.0. The van der Waals surface area contributed by atoms with Crippen LogP contribution in [0.5, 0.6) is 5.75 Å². The van der Waals surface area contributed by atoms with E-state index in [1.54, 1.807) is 12.3 Å². The Morgan fingerprint density at radius 1 is 1.24 bits per heavy atom. The molecule has 2 aromatic rings. The SMILES string of the molecule is CCOc1ccc(C(=O)NCC(c2ccco2)N(CC)CC)cc1C. The van der Waals surface area contributed by atoms with Gasteiger partial charge in [-0.05, 0) is 62.8 Å². The van der Waals surface area contributed by atoms with Crippen LogP contribution in [0.15, 0.2) is 41.0 Å². The average molecular weight is 344 g/mol. The predicted octanol–water partition coefficient (Wildman–Crippen LogP) is 3.80. The van der Waals surface area contributed by atoms with Gasteiger partial charge in [0.15, 0.2) is 0 Å². The Morgan fingerprint density at radius 3 is 2.56 bits per heavy atom. The fourth-order valence-electron chi connectivity index (χ4n) is 2.95. The zero-order valence-electron chi connectivity index (χ0n) is 15.5. The molecular formula is C20H28N2O3. The fourth-order valence-corrected chi connectivity index (χ4v) is 2.95. The number of rotatable bonds is 9. The Balaban J connectivity index is 2.07. The first-order chi connectivity index (χ1) is 12.1. The average Bonchev–Trinajstić information content (AvgIpc) is 3.14. The minimum Gasteiger partial charge on any atom is -0.494 e. The number of nitrogens with one attached hydrogen (secondary N) is 1. The Morgan fingerprint density at radius 2 is 2.00 bits per heavy atom. The van der Waals surface area contributed by atoms with Gasteiger partial charge < -0.3 is 14.5 Å². The number of carbonyl (C=O) groups is 1. The van der Waals surface area contributed by atoms with Crippen LogP contribution in [0.3, 0.4) is 0 Å². The molecular weight excluding hydrogens is 316 g/mol. The lowest BCUT2D eigenvalue weighted by molar-refractivity contribution is 0.0929. The molecule has 0 aliphatic heterocycles. The standard InChI is InChI=1S/C20H28N2O3/c1-5-22(6-2)17(19-9-8-12-25-19)14-21-20(23)16-10-11-18(24-7-3)15(4)13-16/h8-13,17H,5-7,14H2,1-4H3,(H,21,23). The van der Waals surface area contributed by atoms with Crippen LogP contribution in [-0.4, -0.2) is 37.0 Å². The Bertz CT molecular complexity index is 664. The van der Waals surface area contributed by atoms with Gasteiger partial charge in [-0.2, -0.15) is 0 Å². The summed E-state index contributed by atoms with van der Waals surface area (Å²) in [4.78, 5) is 14.8. The van der Waals surface area contributed by atoms with Gasteiger partial charge in [-0.1, -0.05) is 13.8 Å². The molecule has 1 atom stereocenters. The van der Waals surface area contributed by atoms with Crippen LogP contribution in [0.4, 0.5) is 0 Å². The number of ether oxygens (including phenoxy) is 1. The van der Waals surface area contributed by atoms with Gasteiger partial charge in [-0.3, -0.25) is 9.69 Å². The van der Waals surface area contributed by atoms with Crippen LogP contribution in [0.25, 0.3) is 0 Å². The molecule has 1 heterocycles. The fraction of sp³-hybridized carbons (Fsp3) is 0.450. The summed E-state index contributed by atoms with van der Waals surface area (Å²) in [7, 11) is 0. The van der Waals surface area contributed by atoms with Crippen LogP contribution in [-0.2, 0) is 0 Å². The molecule has 0 spiro atoms. The predicted molar refractivity (Wildman–Crippen MR) is 99.1 cm³/mol. The highest BCUT2D eigenvalue weighted by Crippen LogP contribution is 2.21. The molecule has 5 nitrogen and oxygen atoms in total. The zero-order valence-corrected chi connectivity index (χ0v) is 15.5. The van der Waals surface area contributed by atoms with E-state index < -0.39 is 0 Å². The van der Waals surface area contributed by atoms with E-state index in [0.717, 1.165) is 30.2 Å². The third-order valence-electron chi connectivity index (χ3n) is 4.32. The van der Waals surface area contributed by atoms with Gasteiger partial charge in [-0.15, -0.1) is 0 Å². The molecule has 1 amide bonds. The van der Waals surface area contributed by atoms with Gasteiger partial charge in [0.1, 0.15) is 11.5 Å². The van der Waals surface area contributed by atoms with Crippen molar-refractivity contribution in [1.29, 1.82) is 0 Å². The van der Waals surface area contributed by atoms with Crippen molar-refractivity contribution in [3.8, 4) is 5.75 Å². The number of hydrogen-bond acceptors (Lipinski definition) is 4. The first-order valence-corrected chi connectivity index (χ1v) is 8.89. The van der Waals surface area contributed by atoms with Crippen molar-refractivity contribution in [1.82, 2.24) is 10.2 Å². The van der Waals surface area contributed by atoms with Gasteiger partial charge in [-0.25, -0.2) is 0 Å². The molecule has 1 aromatic heterocycles. The second-order valence-corrected chi connectivity index (χ2v) is 5.88. The molecule has 25 heavy (non-hydrogen) atoms. The number of likely N-dealkylation sites (N-methyl/N-ethyl adjacent to an activating group) is 1. The normalized spacial score (nSPS) is 12.2. The number of benzene rings is 1. The molecule has 0 radical (unpaired) electrons. The molecule has 136 valence electrons. The summed E-state index contributed by atoms with van der Waals surface area (Å²) in [6, 6.07) is 9.37. The molecule has 2 rings (SSSR count). The van der Waals surface area contributed by atoms with Crippen LogP contribution >= 0.6 is 0 Å². The maximum atomic E-state index is 12.5. The minimum atomic E-state index is -0.0881. The molecule has 0 saturated carbocycles. The van der Waals surface area contributed by atoms with Crippen molar-refractivity contribution in [3.63, 3.8) is 0 Å². The van der Waals surface area contributed by atoms with Gasteiger partial charge in [0.25, 0.3) is 5.91 Å². The van der Waals surface area contributed by atoms with Gasteiger partial charge in [0.05, 0.1) is 18.9 Å². The van der Waals surface area contributed by atoms with E-state index in [2.05, 4.69) is 24.1 Å². The molecule has 1 N–H and O–H groups in total. The lowest BCUT2D eigenvalue weighted by Gasteiger charge is -2.28. The summed E-state index contributed by atoms with van der Waals surface area (Å²) in [6.07, 6.45) is 1.67. The van der Waals surface area contributed by atoms with Gasteiger partial charge >= 0.3 is 0 Å². The number of furan rings is 1. The molecule has 0 aliphatic carbocycles.